The van der Waals surface area contributed by atoms with Crippen molar-refractivity contribution >= 4 is 11.7 Å². The Morgan fingerprint density at radius 1 is 1.32 bits per heavy atom. The first kappa shape index (κ1) is 13.4. The van der Waals surface area contributed by atoms with E-state index in [1.165, 1.54) is 25.2 Å². The fraction of sp³-hybridized carbons (Fsp3) is 0.429. The number of hydrogen-bond acceptors (Lipinski definition) is 4. The third kappa shape index (κ3) is 1.85. The molecule has 1 unspecified atom stereocenters. The van der Waals surface area contributed by atoms with Crippen LogP contribution in [0.1, 0.15) is 6.92 Å². The summed E-state index contributed by atoms with van der Waals surface area (Å²) in [6, 6.07) is 0. The molecule has 0 bridgehead atoms. The Bertz CT molecular complexity index is 530. The van der Waals surface area contributed by atoms with Gasteiger partial charge in [0.1, 0.15) is 16.9 Å². The topological polar surface area (TPSA) is 55.8 Å². The number of methoxy groups -OCH3 is 2. The number of allylic oxidation sites excluding steroid dienone is 3. The van der Waals surface area contributed by atoms with Gasteiger partial charge < -0.3 is 14.4 Å². The van der Waals surface area contributed by atoms with Crippen LogP contribution < -0.4 is 0 Å². The Labute approximate surface area is 112 Å². The molecule has 5 heteroatoms. The standard InChI is InChI=1S/C14H17NO4/c1-9(18-3)12-13(17)15(2)8-14(12)7-10(19-4)5-6-11(14)16/h5-7H,8H2,1-4H3/b12-9+. The zero-order chi connectivity index (χ0) is 14.2. The van der Waals surface area contributed by atoms with Crippen LogP contribution in [-0.2, 0) is 19.1 Å². The molecule has 102 valence electrons. The summed E-state index contributed by atoms with van der Waals surface area (Å²) in [6.45, 7) is 2.00. The number of ketones is 1. The Hall–Kier alpha value is -2.04. The van der Waals surface area contributed by atoms with Crippen molar-refractivity contribution < 1.29 is 19.1 Å². The maximum absolute atomic E-state index is 12.3. The van der Waals surface area contributed by atoms with Crippen molar-refractivity contribution in [3.8, 4) is 0 Å². The van der Waals surface area contributed by atoms with Gasteiger partial charge in [-0.15, -0.1) is 0 Å². The number of likely N-dealkylation sites (tertiary alicyclic amines) is 1. The smallest absolute Gasteiger partial charge is 0.254 e. The molecule has 0 aromatic rings. The summed E-state index contributed by atoms with van der Waals surface area (Å²) in [4.78, 5) is 26.1. The Morgan fingerprint density at radius 3 is 2.58 bits per heavy atom. The average molecular weight is 263 g/mol. The minimum atomic E-state index is -0.994. The van der Waals surface area contributed by atoms with Gasteiger partial charge in [-0.05, 0) is 25.2 Å². The number of ether oxygens (including phenoxy) is 2. The lowest BCUT2D eigenvalue weighted by atomic mass is 9.75. The first-order chi connectivity index (χ1) is 8.96. The zero-order valence-electron chi connectivity index (χ0n) is 11.5. The highest BCUT2D eigenvalue weighted by Gasteiger charge is 2.52. The van der Waals surface area contributed by atoms with Gasteiger partial charge in [0.05, 0.1) is 19.8 Å². The van der Waals surface area contributed by atoms with Gasteiger partial charge in [0.15, 0.2) is 5.78 Å². The molecule has 0 radical (unpaired) electrons. The molecule has 1 saturated heterocycles. The molecule has 0 N–H and O–H groups in total. The van der Waals surface area contributed by atoms with Crippen LogP contribution in [0.15, 0.2) is 35.3 Å². The van der Waals surface area contributed by atoms with Crippen LogP contribution in [0.3, 0.4) is 0 Å². The lowest BCUT2D eigenvalue weighted by Crippen LogP contribution is -2.34. The van der Waals surface area contributed by atoms with Gasteiger partial charge in [-0.25, -0.2) is 0 Å². The fourth-order valence-corrected chi connectivity index (χ4v) is 2.59. The van der Waals surface area contributed by atoms with Gasteiger partial charge in [-0.1, -0.05) is 0 Å². The molecule has 5 nitrogen and oxygen atoms in total. The molecule has 1 heterocycles. The van der Waals surface area contributed by atoms with E-state index in [1.54, 1.807) is 26.1 Å². The SMILES string of the molecule is COC1=CC2(CN(C)C(=O)/C2=C(/C)OC)C(=O)C=C1. The van der Waals surface area contributed by atoms with Crippen molar-refractivity contribution in [2.24, 2.45) is 5.41 Å². The number of carbonyl (C=O) groups is 2. The van der Waals surface area contributed by atoms with E-state index < -0.39 is 5.41 Å². The molecule has 0 aromatic heterocycles. The minimum Gasteiger partial charge on any atom is -0.501 e. The van der Waals surface area contributed by atoms with Gasteiger partial charge in [0, 0.05) is 13.6 Å². The van der Waals surface area contributed by atoms with Crippen molar-refractivity contribution in [1.82, 2.24) is 4.90 Å². The molecule has 0 saturated carbocycles. The molecule has 2 rings (SSSR count). The van der Waals surface area contributed by atoms with Gasteiger partial charge in [0.25, 0.3) is 5.91 Å². The predicted molar refractivity (Wildman–Crippen MR) is 69.0 cm³/mol. The van der Waals surface area contributed by atoms with Crippen molar-refractivity contribution in [2.45, 2.75) is 6.92 Å². The highest BCUT2D eigenvalue weighted by Crippen LogP contribution is 2.43. The molecule has 1 fully saturated rings. The summed E-state index contributed by atoms with van der Waals surface area (Å²) in [5.41, 5.74) is -0.604. The van der Waals surface area contributed by atoms with E-state index in [2.05, 4.69) is 0 Å². The monoisotopic (exact) mass is 263 g/mol. The van der Waals surface area contributed by atoms with E-state index in [1.807, 2.05) is 0 Å². The third-order valence-electron chi connectivity index (χ3n) is 3.61. The van der Waals surface area contributed by atoms with E-state index in [9.17, 15) is 9.59 Å². The van der Waals surface area contributed by atoms with Gasteiger partial charge in [-0.3, -0.25) is 9.59 Å². The maximum Gasteiger partial charge on any atom is 0.254 e. The second kappa shape index (κ2) is 4.57. The molecule has 1 atom stereocenters. The highest BCUT2D eigenvalue weighted by molar-refractivity contribution is 6.12. The van der Waals surface area contributed by atoms with Crippen LogP contribution in [0.4, 0.5) is 0 Å². The zero-order valence-corrected chi connectivity index (χ0v) is 11.5. The van der Waals surface area contributed by atoms with Crippen LogP contribution in [0.5, 0.6) is 0 Å². The van der Waals surface area contributed by atoms with E-state index in [0.29, 0.717) is 23.6 Å². The predicted octanol–water partition coefficient (Wildman–Crippen LogP) is 1.03. The van der Waals surface area contributed by atoms with E-state index in [0.717, 1.165) is 0 Å². The van der Waals surface area contributed by atoms with E-state index in [-0.39, 0.29) is 11.7 Å². The van der Waals surface area contributed by atoms with E-state index >= 15 is 0 Å². The van der Waals surface area contributed by atoms with Crippen LogP contribution in [0.2, 0.25) is 0 Å². The maximum atomic E-state index is 12.3. The molecule has 1 amide bonds. The minimum absolute atomic E-state index is 0.127. The molecule has 19 heavy (non-hydrogen) atoms. The summed E-state index contributed by atoms with van der Waals surface area (Å²) < 4.78 is 10.4. The van der Waals surface area contributed by atoms with Gasteiger partial charge in [-0.2, -0.15) is 0 Å². The van der Waals surface area contributed by atoms with Crippen LogP contribution in [-0.4, -0.2) is 44.4 Å². The first-order valence-electron chi connectivity index (χ1n) is 5.96. The summed E-state index contributed by atoms with van der Waals surface area (Å²) in [5, 5.41) is 0. The number of likely N-dealkylation sites (N-methyl/N-ethyl adjacent to an activating group) is 1. The normalized spacial score (nSPS) is 28.8. The van der Waals surface area contributed by atoms with Crippen LogP contribution in [0.25, 0.3) is 0 Å². The number of rotatable bonds is 2. The molecule has 1 aliphatic carbocycles. The quantitative estimate of drug-likeness (QED) is 0.551. The van der Waals surface area contributed by atoms with Crippen molar-refractivity contribution in [2.75, 3.05) is 27.8 Å². The number of amides is 1. The second-order valence-electron chi connectivity index (χ2n) is 4.72. The van der Waals surface area contributed by atoms with Crippen LogP contribution >= 0.6 is 0 Å². The summed E-state index contributed by atoms with van der Waals surface area (Å²) in [7, 11) is 4.70. The Kier molecular flexibility index (Phi) is 3.22. The fourth-order valence-electron chi connectivity index (χ4n) is 2.59. The molecule has 1 aliphatic heterocycles. The number of nitrogens with zero attached hydrogens (tertiary/aromatic N) is 1. The average Bonchev–Trinajstić information content (AvgIpc) is 2.65. The van der Waals surface area contributed by atoms with E-state index in [4.69, 9.17) is 9.47 Å². The first-order valence-corrected chi connectivity index (χ1v) is 5.96. The largest absolute Gasteiger partial charge is 0.501 e. The third-order valence-corrected chi connectivity index (χ3v) is 3.61. The van der Waals surface area contributed by atoms with Gasteiger partial charge >= 0.3 is 0 Å². The van der Waals surface area contributed by atoms with Gasteiger partial charge in [0.2, 0.25) is 0 Å². The lowest BCUT2D eigenvalue weighted by molar-refractivity contribution is -0.124. The molecular formula is C14H17NO4. The molecule has 1 spiro atoms. The highest BCUT2D eigenvalue weighted by atomic mass is 16.5. The van der Waals surface area contributed by atoms with Crippen molar-refractivity contribution in [3.05, 3.63) is 35.3 Å². The number of carbonyl (C=O) groups excluding carboxylic acids is 2. The summed E-state index contributed by atoms with van der Waals surface area (Å²) in [6.07, 6.45) is 4.76. The Balaban J connectivity index is 2.64. The number of hydrogen-bond donors (Lipinski definition) is 0. The molecule has 0 aromatic carbocycles. The Morgan fingerprint density at radius 2 is 2.00 bits per heavy atom. The summed E-state index contributed by atoms with van der Waals surface area (Å²) in [5.74, 6) is 0.723. The van der Waals surface area contributed by atoms with Crippen molar-refractivity contribution in [1.29, 1.82) is 0 Å². The van der Waals surface area contributed by atoms with Crippen molar-refractivity contribution in [3.63, 3.8) is 0 Å². The molecular weight excluding hydrogens is 246 g/mol. The summed E-state index contributed by atoms with van der Waals surface area (Å²) >= 11 is 0. The molecule has 2 aliphatic rings. The lowest BCUT2D eigenvalue weighted by Gasteiger charge is -2.26. The van der Waals surface area contributed by atoms with Crippen LogP contribution in [0, 0.1) is 5.41 Å². The second-order valence-corrected chi connectivity index (χ2v) is 4.72.